The summed E-state index contributed by atoms with van der Waals surface area (Å²) in [4.78, 5) is 12.5. The number of aromatic nitrogens is 2. The van der Waals surface area contributed by atoms with E-state index in [2.05, 4.69) is 10.4 Å². The molecule has 31 heavy (non-hydrogen) atoms. The van der Waals surface area contributed by atoms with Crippen molar-refractivity contribution in [2.24, 2.45) is 0 Å². The summed E-state index contributed by atoms with van der Waals surface area (Å²) >= 11 is 0. The Bertz CT molecular complexity index is 1040. The zero-order valence-electron chi connectivity index (χ0n) is 16.7. The second-order valence-electron chi connectivity index (χ2n) is 6.52. The molecule has 0 bridgehead atoms. The van der Waals surface area contributed by atoms with Gasteiger partial charge in [0.2, 0.25) is 0 Å². The van der Waals surface area contributed by atoms with Gasteiger partial charge in [-0.15, -0.1) is 0 Å². The monoisotopic (exact) mass is 437 g/mol. The summed E-state index contributed by atoms with van der Waals surface area (Å²) in [6, 6.07) is 9.48. The largest absolute Gasteiger partial charge is 0.497 e. The molecule has 164 valence electrons. The third-order valence-electron chi connectivity index (χ3n) is 4.46. The van der Waals surface area contributed by atoms with E-state index in [1.807, 2.05) is 0 Å². The minimum Gasteiger partial charge on any atom is -0.497 e. The van der Waals surface area contributed by atoms with Crippen LogP contribution in [0.1, 0.15) is 21.6 Å². The molecule has 0 aliphatic heterocycles. The fourth-order valence-electron chi connectivity index (χ4n) is 2.99. The van der Waals surface area contributed by atoms with Crippen LogP contribution in [0.2, 0.25) is 0 Å². The summed E-state index contributed by atoms with van der Waals surface area (Å²) in [5.74, 6) is -0.409. The SMILES string of the molecule is COc1cc(CCNC(=O)c2cnn(-c3ccc(F)cc3)c2C(F)(F)F)cc(OC)c1. The van der Waals surface area contributed by atoms with Crippen LogP contribution in [-0.4, -0.2) is 36.5 Å². The molecule has 0 aliphatic carbocycles. The standard InChI is InChI=1S/C21H19F4N3O3/c1-30-16-9-13(10-17(11-16)31-2)7-8-26-20(29)18-12-27-28(19(18)21(23,24)25)15-5-3-14(22)4-6-15/h3-6,9-12H,7-8H2,1-2H3,(H,26,29). The normalized spacial score (nSPS) is 11.3. The van der Waals surface area contributed by atoms with Gasteiger partial charge in [-0.2, -0.15) is 18.3 Å². The van der Waals surface area contributed by atoms with E-state index >= 15 is 0 Å². The Kier molecular flexibility index (Phi) is 6.47. The third kappa shape index (κ3) is 5.14. The molecule has 0 fully saturated rings. The number of halogens is 4. The molecule has 0 aliphatic rings. The molecule has 0 radical (unpaired) electrons. The molecule has 0 saturated heterocycles. The second-order valence-corrected chi connectivity index (χ2v) is 6.52. The second kappa shape index (κ2) is 9.07. The predicted molar refractivity (Wildman–Crippen MR) is 104 cm³/mol. The first-order valence-corrected chi connectivity index (χ1v) is 9.14. The van der Waals surface area contributed by atoms with Crippen LogP contribution in [0, 0.1) is 5.82 Å². The van der Waals surface area contributed by atoms with Crippen LogP contribution in [-0.2, 0) is 12.6 Å². The van der Waals surface area contributed by atoms with E-state index in [9.17, 15) is 22.4 Å². The number of carbonyl (C=O) groups is 1. The third-order valence-corrected chi connectivity index (χ3v) is 4.46. The van der Waals surface area contributed by atoms with Crippen molar-refractivity contribution >= 4 is 5.91 Å². The number of nitrogens with zero attached hydrogens (tertiary/aromatic N) is 2. The summed E-state index contributed by atoms with van der Waals surface area (Å²) in [5.41, 5.74) is -1.11. The molecular weight excluding hydrogens is 418 g/mol. The van der Waals surface area contributed by atoms with Gasteiger partial charge in [0.25, 0.3) is 5.91 Å². The number of amides is 1. The van der Waals surface area contributed by atoms with Gasteiger partial charge in [-0.3, -0.25) is 4.79 Å². The molecular formula is C21H19F4N3O3. The Labute approximate surface area is 175 Å². The number of rotatable bonds is 7. The Morgan fingerprint density at radius 1 is 1.06 bits per heavy atom. The van der Waals surface area contributed by atoms with Crippen molar-refractivity contribution in [1.29, 1.82) is 0 Å². The highest BCUT2D eigenvalue weighted by Crippen LogP contribution is 2.33. The maximum absolute atomic E-state index is 13.7. The Hall–Kier alpha value is -3.56. The van der Waals surface area contributed by atoms with E-state index in [4.69, 9.17) is 9.47 Å². The molecule has 1 aromatic heterocycles. The maximum Gasteiger partial charge on any atom is 0.434 e. The topological polar surface area (TPSA) is 65.4 Å². The number of hydrogen-bond donors (Lipinski definition) is 1. The van der Waals surface area contributed by atoms with Gasteiger partial charge in [-0.1, -0.05) is 0 Å². The van der Waals surface area contributed by atoms with Crippen LogP contribution < -0.4 is 14.8 Å². The number of carbonyl (C=O) groups excluding carboxylic acids is 1. The predicted octanol–water partition coefficient (Wildman–Crippen LogP) is 4.02. The van der Waals surface area contributed by atoms with Crippen LogP contribution in [0.5, 0.6) is 11.5 Å². The van der Waals surface area contributed by atoms with Gasteiger partial charge < -0.3 is 14.8 Å². The van der Waals surface area contributed by atoms with E-state index in [-0.39, 0.29) is 12.2 Å². The van der Waals surface area contributed by atoms with Gasteiger partial charge >= 0.3 is 6.18 Å². The van der Waals surface area contributed by atoms with Gasteiger partial charge in [0.1, 0.15) is 17.3 Å². The number of alkyl halides is 3. The van der Waals surface area contributed by atoms with Crippen molar-refractivity contribution in [3.63, 3.8) is 0 Å². The first-order valence-electron chi connectivity index (χ1n) is 9.14. The molecule has 3 aromatic rings. The minimum absolute atomic E-state index is 0.0174. The minimum atomic E-state index is -4.85. The maximum atomic E-state index is 13.7. The van der Waals surface area contributed by atoms with Crippen LogP contribution in [0.25, 0.3) is 5.69 Å². The number of benzene rings is 2. The van der Waals surface area contributed by atoms with Gasteiger partial charge in [-0.25, -0.2) is 9.07 Å². The molecule has 3 rings (SSSR count). The lowest BCUT2D eigenvalue weighted by molar-refractivity contribution is -0.143. The van der Waals surface area contributed by atoms with Crippen molar-refractivity contribution in [2.75, 3.05) is 20.8 Å². The lowest BCUT2D eigenvalue weighted by atomic mass is 10.1. The number of hydrogen-bond acceptors (Lipinski definition) is 4. The number of methoxy groups -OCH3 is 2. The summed E-state index contributed by atoms with van der Waals surface area (Å²) in [5, 5.41) is 6.17. The van der Waals surface area contributed by atoms with E-state index in [1.165, 1.54) is 14.2 Å². The average molecular weight is 437 g/mol. The van der Waals surface area contributed by atoms with E-state index in [0.717, 1.165) is 36.0 Å². The highest BCUT2D eigenvalue weighted by Gasteiger charge is 2.40. The zero-order chi connectivity index (χ0) is 22.6. The van der Waals surface area contributed by atoms with Crippen molar-refractivity contribution in [1.82, 2.24) is 15.1 Å². The molecule has 1 N–H and O–H groups in total. The first-order chi connectivity index (χ1) is 14.7. The molecule has 1 amide bonds. The molecule has 0 atom stereocenters. The zero-order valence-corrected chi connectivity index (χ0v) is 16.7. The van der Waals surface area contributed by atoms with Crippen LogP contribution in [0.4, 0.5) is 17.6 Å². The first kappa shape index (κ1) is 22.1. The summed E-state index contributed by atoms with van der Waals surface area (Å²) in [7, 11) is 3.00. The van der Waals surface area contributed by atoms with Gasteiger partial charge in [-0.05, 0) is 48.4 Å². The molecule has 6 nitrogen and oxygen atoms in total. The summed E-state index contributed by atoms with van der Waals surface area (Å²) < 4.78 is 65.1. The molecule has 0 spiro atoms. The molecule has 0 unspecified atom stereocenters. The molecule has 2 aromatic carbocycles. The fraction of sp³-hybridized carbons (Fsp3) is 0.238. The fourth-order valence-corrected chi connectivity index (χ4v) is 2.99. The quantitative estimate of drug-likeness (QED) is 0.567. The van der Waals surface area contributed by atoms with E-state index < -0.39 is 29.2 Å². The average Bonchev–Trinajstić information content (AvgIpc) is 3.20. The lowest BCUT2D eigenvalue weighted by Gasteiger charge is -2.13. The molecule has 0 saturated carbocycles. The highest BCUT2D eigenvalue weighted by molar-refractivity contribution is 5.95. The molecule has 10 heteroatoms. The van der Waals surface area contributed by atoms with Crippen molar-refractivity contribution in [3.05, 3.63) is 71.3 Å². The van der Waals surface area contributed by atoms with Crippen LogP contribution in [0.15, 0.2) is 48.7 Å². The van der Waals surface area contributed by atoms with Gasteiger partial charge in [0, 0.05) is 12.6 Å². The summed E-state index contributed by atoms with van der Waals surface area (Å²) in [6.45, 7) is 0.0776. The highest BCUT2D eigenvalue weighted by atomic mass is 19.4. The van der Waals surface area contributed by atoms with Crippen molar-refractivity contribution in [3.8, 4) is 17.2 Å². The van der Waals surface area contributed by atoms with Crippen molar-refractivity contribution < 1.29 is 31.8 Å². The number of ether oxygens (including phenoxy) is 2. The Morgan fingerprint density at radius 3 is 2.23 bits per heavy atom. The molecule has 1 heterocycles. The Morgan fingerprint density at radius 2 is 1.68 bits per heavy atom. The van der Waals surface area contributed by atoms with Crippen LogP contribution in [0.3, 0.4) is 0 Å². The smallest absolute Gasteiger partial charge is 0.434 e. The van der Waals surface area contributed by atoms with E-state index in [0.29, 0.717) is 22.6 Å². The number of nitrogens with one attached hydrogen (secondary N) is 1. The lowest BCUT2D eigenvalue weighted by Crippen LogP contribution is -2.28. The van der Waals surface area contributed by atoms with Crippen LogP contribution >= 0.6 is 0 Å². The van der Waals surface area contributed by atoms with Gasteiger partial charge in [0.15, 0.2) is 5.69 Å². The summed E-state index contributed by atoms with van der Waals surface area (Å²) in [6.07, 6.45) is -3.67. The van der Waals surface area contributed by atoms with E-state index in [1.54, 1.807) is 18.2 Å². The van der Waals surface area contributed by atoms with Crippen molar-refractivity contribution in [2.45, 2.75) is 12.6 Å². The Balaban J connectivity index is 1.78. The van der Waals surface area contributed by atoms with Gasteiger partial charge in [0.05, 0.1) is 31.7 Å².